The van der Waals surface area contributed by atoms with Crippen LogP contribution >= 0.6 is 0 Å². The summed E-state index contributed by atoms with van der Waals surface area (Å²) in [5.41, 5.74) is -0.674. The molecule has 0 heterocycles. The number of carbonyl (C=O) groups excluding carboxylic acids is 1. The average Bonchev–Trinajstić information content (AvgIpc) is 1.97. The van der Waals surface area contributed by atoms with Gasteiger partial charge in [-0.15, -0.1) is 0 Å². The minimum absolute atomic E-state index is 0.114. The SMILES string of the molecule is CC(=O)CC1(O)CCCCCCC1. The molecular weight excluding hydrogens is 164 g/mol. The lowest BCUT2D eigenvalue weighted by molar-refractivity contribution is -0.122. The highest BCUT2D eigenvalue weighted by atomic mass is 16.3. The molecule has 0 aromatic rings. The van der Waals surface area contributed by atoms with Gasteiger partial charge in [-0.05, 0) is 19.8 Å². The van der Waals surface area contributed by atoms with Crippen LogP contribution < -0.4 is 0 Å². The van der Waals surface area contributed by atoms with Gasteiger partial charge in [-0.3, -0.25) is 4.79 Å². The van der Waals surface area contributed by atoms with Crippen molar-refractivity contribution in [3.05, 3.63) is 0 Å². The summed E-state index contributed by atoms with van der Waals surface area (Å²) < 4.78 is 0. The molecule has 0 aromatic heterocycles. The van der Waals surface area contributed by atoms with E-state index in [1.54, 1.807) is 6.92 Å². The van der Waals surface area contributed by atoms with E-state index in [9.17, 15) is 9.90 Å². The van der Waals surface area contributed by atoms with E-state index < -0.39 is 5.60 Å². The Balaban J connectivity index is 2.46. The number of ketones is 1. The Morgan fingerprint density at radius 2 is 1.62 bits per heavy atom. The fourth-order valence-corrected chi connectivity index (χ4v) is 2.20. The summed E-state index contributed by atoms with van der Waals surface area (Å²) in [4.78, 5) is 11.0. The first-order valence-electron chi connectivity index (χ1n) is 5.34. The van der Waals surface area contributed by atoms with Crippen molar-refractivity contribution in [1.82, 2.24) is 0 Å². The molecule has 0 atom stereocenters. The van der Waals surface area contributed by atoms with Crippen LogP contribution in [0.25, 0.3) is 0 Å². The monoisotopic (exact) mass is 184 g/mol. The molecule has 1 fully saturated rings. The van der Waals surface area contributed by atoms with Crippen molar-refractivity contribution >= 4 is 5.78 Å². The van der Waals surface area contributed by atoms with E-state index >= 15 is 0 Å². The first-order chi connectivity index (χ1) is 6.12. The predicted molar refractivity (Wildman–Crippen MR) is 52.6 cm³/mol. The van der Waals surface area contributed by atoms with E-state index in [-0.39, 0.29) is 5.78 Å². The fourth-order valence-electron chi connectivity index (χ4n) is 2.20. The molecule has 1 N–H and O–H groups in total. The smallest absolute Gasteiger partial charge is 0.132 e. The molecule has 0 saturated heterocycles. The summed E-state index contributed by atoms with van der Waals surface area (Å²) in [5, 5.41) is 10.1. The van der Waals surface area contributed by atoms with Gasteiger partial charge in [0.05, 0.1) is 5.60 Å². The van der Waals surface area contributed by atoms with Crippen LogP contribution in [0, 0.1) is 0 Å². The van der Waals surface area contributed by atoms with E-state index in [1.807, 2.05) is 0 Å². The van der Waals surface area contributed by atoms with Crippen molar-refractivity contribution < 1.29 is 9.90 Å². The lowest BCUT2D eigenvalue weighted by atomic mass is 9.84. The van der Waals surface area contributed by atoms with Crippen LogP contribution in [0.5, 0.6) is 0 Å². The zero-order valence-electron chi connectivity index (χ0n) is 8.51. The Bertz CT molecular complexity index is 167. The average molecular weight is 184 g/mol. The zero-order valence-corrected chi connectivity index (χ0v) is 8.51. The van der Waals surface area contributed by atoms with Gasteiger partial charge in [-0.25, -0.2) is 0 Å². The first-order valence-corrected chi connectivity index (χ1v) is 5.34. The van der Waals surface area contributed by atoms with E-state index in [0.717, 1.165) is 25.7 Å². The number of aliphatic hydroxyl groups is 1. The highest BCUT2D eigenvalue weighted by Crippen LogP contribution is 2.28. The van der Waals surface area contributed by atoms with Gasteiger partial charge < -0.3 is 5.11 Å². The fraction of sp³-hybridized carbons (Fsp3) is 0.909. The van der Waals surface area contributed by atoms with Gasteiger partial charge in [0.2, 0.25) is 0 Å². The molecule has 1 aliphatic rings. The van der Waals surface area contributed by atoms with E-state index in [4.69, 9.17) is 0 Å². The lowest BCUT2D eigenvalue weighted by Crippen LogP contribution is -2.31. The molecule has 1 saturated carbocycles. The van der Waals surface area contributed by atoms with Crippen molar-refractivity contribution in [1.29, 1.82) is 0 Å². The number of carbonyl (C=O) groups is 1. The summed E-state index contributed by atoms with van der Waals surface area (Å²) in [6.07, 6.45) is 7.83. The van der Waals surface area contributed by atoms with Gasteiger partial charge in [0.25, 0.3) is 0 Å². The van der Waals surface area contributed by atoms with E-state index in [2.05, 4.69) is 0 Å². The molecule has 0 spiro atoms. The molecule has 2 nitrogen and oxygen atoms in total. The third-order valence-electron chi connectivity index (χ3n) is 2.86. The molecule has 13 heavy (non-hydrogen) atoms. The molecule has 1 rings (SSSR count). The quantitative estimate of drug-likeness (QED) is 0.715. The first kappa shape index (κ1) is 10.7. The molecule has 0 aliphatic heterocycles. The number of rotatable bonds is 2. The second kappa shape index (κ2) is 4.75. The Labute approximate surface area is 80.3 Å². The maximum absolute atomic E-state index is 11.0. The molecule has 0 amide bonds. The van der Waals surface area contributed by atoms with E-state index in [1.165, 1.54) is 19.3 Å². The standard InChI is InChI=1S/C11H20O2/c1-10(12)9-11(13)7-5-3-2-4-6-8-11/h13H,2-9H2,1H3. The summed E-state index contributed by atoms with van der Waals surface area (Å²) in [5.74, 6) is 0.114. The van der Waals surface area contributed by atoms with Gasteiger partial charge >= 0.3 is 0 Å². The van der Waals surface area contributed by atoms with Crippen molar-refractivity contribution in [2.24, 2.45) is 0 Å². The van der Waals surface area contributed by atoms with Crippen LogP contribution in [-0.2, 0) is 4.79 Å². The molecule has 0 bridgehead atoms. The minimum atomic E-state index is -0.674. The molecule has 1 aliphatic carbocycles. The minimum Gasteiger partial charge on any atom is -0.389 e. The molecule has 0 aromatic carbocycles. The Kier molecular flexibility index (Phi) is 3.91. The number of hydrogen-bond donors (Lipinski definition) is 1. The third kappa shape index (κ3) is 3.90. The molecule has 2 heteroatoms. The molecule has 76 valence electrons. The number of Topliss-reactive ketones (excluding diaryl/α,β-unsaturated/α-hetero) is 1. The zero-order chi connectivity index (χ0) is 9.73. The van der Waals surface area contributed by atoms with Gasteiger partial charge in [-0.1, -0.05) is 32.1 Å². The van der Waals surface area contributed by atoms with Crippen LogP contribution in [0.3, 0.4) is 0 Å². The van der Waals surface area contributed by atoms with Crippen LogP contribution in [0.2, 0.25) is 0 Å². The van der Waals surface area contributed by atoms with Crippen molar-refractivity contribution in [3.8, 4) is 0 Å². The molecule has 0 unspecified atom stereocenters. The summed E-state index contributed by atoms with van der Waals surface area (Å²) in [7, 11) is 0. The normalized spacial score (nSPS) is 23.2. The second-order valence-corrected chi connectivity index (χ2v) is 4.37. The maximum atomic E-state index is 11.0. The van der Waals surface area contributed by atoms with Gasteiger partial charge in [0.1, 0.15) is 5.78 Å². The maximum Gasteiger partial charge on any atom is 0.132 e. The summed E-state index contributed by atoms with van der Waals surface area (Å²) in [6, 6.07) is 0. The highest BCUT2D eigenvalue weighted by molar-refractivity contribution is 5.76. The van der Waals surface area contributed by atoms with Crippen molar-refractivity contribution in [2.75, 3.05) is 0 Å². The van der Waals surface area contributed by atoms with Gasteiger partial charge in [-0.2, -0.15) is 0 Å². The lowest BCUT2D eigenvalue weighted by Gasteiger charge is -2.29. The molecule has 0 radical (unpaired) electrons. The van der Waals surface area contributed by atoms with Gasteiger partial charge in [0, 0.05) is 6.42 Å². The topological polar surface area (TPSA) is 37.3 Å². The molecular formula is C11H20O2. The van der Waals surface area contributed by atoms with Crippen LogP contribution in [0.4, 0.5) is 0 Å². The van der Waals surface area contributed by atoms with Crippen molar-refractivity contribution in [3.63, 3.8) is 0 Å². The second-order valence-electron chi connectivity index (χ2n) is 4.37. The van der Waals surface area contributed by atoms with Crippen LogP contribution in [0.15, 0.2) is 0 Å². The Morgan fingerprint density at radius 1 is 1.15 bits per heavy atom. The van der Waals surface area contributed by atoms with Crippen LogP contribution in [0.1, 0.15) is 58.3 Å². The number of hydrogen-bond acceptors (Lipinski definition) is 2. The van der Waals surface area contributed by atoms with Crippen molar-refractivity contribution in [2.45, 2.75) is 63.9 Å². The Hall–Kier alpha value is -0.370. The van der Waals surface area contributed by atoms with E-state index in [0.29, 0.717) is 6.42 Å². The van der Waals surface area contributed by atoms with Crippen LogP contribution in [-0.4, -0.2) is 16.5 Å². The third-order valence-corrected chi connectivity index (χ3v) is 2.86. The Morgan fingerprint density at radius 3 is 2.08 bits per heavy atom. The van der Waals surface area contributed by atoms with Gasteiger partial charge in [0.15, 0.2) is 0 Å². The summed E-state index contributed by atoms with van der Waals surface area (Å²) in [6.45, 7) is 1.57. The highest BCUT2D eigenvalue weighted by Gasteiger charge is 2.28. The summed E-state index contributed by atoms with van der Waals surface area (Å²) >= 11 is 0. The predicted octanol–water partition coefficient (Wildman–Crippen LogP) is 2.44. The largest absolute Gasteiger partial charge is 0.389 e.